The number of nitrogens with one attached hydrogen (secondary N) is 1. The van der Waals surface area contributed by atoms with E-state index in [0.717, 1.165) is 31.6 Å². The average molecular weight is 376 g/mol. The Balaban J connectivity index is 1.64. The molecular weight excluding hydrogens is 346 g/mol. The first-order valence-electron chi connectivity index (χ1n) is 9.61. The number of likely N-dealkylation sites (tertiary alicyclic amines) is 1. The van der Waals surface area contributed by atoms with Crippen LogP contribution in [-0.4, -0.2) is 65.0 Å². The van der Waals surface area contributed by atoms with Crippen LogP contribution in [0.3, 0.4) is 0 Å². The molecule has 2 heterocycles. The number of amides is 2. The molecule has 2 aliphatic rings. The lowest BCUT2D eigenvalue weighted by Crippen LogP contribution is -2.50. The molecule has 2 aliphatic heterocycles. The van der Waals surface area contributed by atoms with Crippen LogP contribution in [0, 0.1) is 6.92 Å². The molecule has 0 spiro atoms. The number of nitrogens with zero attached hydrogens (tertiary/aromatic N) is 2. The van der Waals surface area contributed by atoms with E-state index in [1.807, 2.05) is 31.2 Å². The first-order chi connectivity index (χ1) is 12.6. The maximum absolute atomic E-state index is 13.1. The van der Waals surface area contributed by atoms with Crippen LogP contribution in [0.25, 0.3) is 0 Å². The van der Waals surface area contributed by atoms with Gasteiger partial charge in [-0.25, -0.2) is 0 Å². The molecule has 0 aromatic heterocycles. The summed E-state index contributed by atoms with van der Waals surface area (Å²) < 4.78 is 0. The number of aryl methyl sites for hydroxylation is 1. The van der Waals surface area contributed by atoms with Crippen LogP contribution in [0.1, 0.15) is 42.1 Å². The molecule has 0 bridgehead atoms. The molecule has 0 saturated carbocycles. The first kappa shape index (κ1) is 19.2. The zero-order valence-electron chi connectivity index (χ0n) is 15.7. The Hall–Kier alpha value is -1.53. The minimum absolute atomic E-state index is 0.0198. The van der Waals surface area contributed by atoms with Gasteiger partial charge in [0.2, 0.25) is 5.91 Å². The molecule has 2 saturated heterocycles. The van der Waals surface area contributed by atoms with E-state index in [9.17, 15) is 9.59 Å². The fourth-order valence-electron chi connectivity index (χ4n) is 3.74. The third-order valence-corrected chi connectivity index (χ3v) is 6.62. The van der Waals surface area contributed by atoms with E-state index in [0.29, 0.717) is 17.9 Å². The summed E-state index contributed by atoms with van der Waals surface area (Å²) in [7, 11) is 0. The second-order valence-electron chi connectivity index (χ2n) is 7.13. The van der Waals surface area contributed by atoms with Crippen molar-refractivity contribution in [1.82, 2.24) is 15.1 Å². The molecular formula is C20H29N3O2S. The third-order valence-electron chi connectivity index (χ3n) is 5.17. The van der Waals surface area contributed by atoms with Crippen LogP contribution in [0.2, 0.25) is 0 Å². The summed E-state index contributed by atoms with van der Waals surface area (Å²) in [4.78, 5) is 30.0. The highest BCUT2D eigenvalue weighted by Gasteiger charge is 2.40. The third kappa shape index (κ3) is 4.41. The van der Waals surface area contributed by atoms with Crippen LogP contribution in [0.4, 0.5) is 0 Å². The van der Waals surface area contributed by atoms with Gasteiger partial charge >= 0.3 is 0 Å². The van der Waals surface area contributed by atoms with Crippen molar-refractivity contribution in [1.29, 1.82) is 0 Å². The van der Waals surface area contributed by atoms with E-state index in [1.165, 1.54) is 12.8 Å². The van der Waals surface area contributed by atoms with Crippen LogP contribution >= 0.6 is 11.8 Å². The molecule has 3 rings (SSSR count). The number of benzene rings is 1. The predicted molar refractivity (Wildman–Crippen MR) is 106 cm³/mol. The minimum atomic E-state index is -0.378. The van der Waals surface area contributed by atoms with Crippen molar-refractivity contribution >= 4 is 23.6 Å². The van der Waals surface area contributed by atoms with Gasteiger partial charge in [-0.2, -0.15) is 0 Å². The smallest absolute Gasteiger partial charge is 0.255 e. The zero-order valence-corrected chi connectivity index (χ0v) is 16.6. The molecule has 1 aromatic carbocycles. The Labute approximate surface area is 160 Å². The molecule has 2 fully saturated rings. The van der Waals surface area contributed by atoms with Crippen molar-refractivity contribution in [3.63, 3.8) is 0 Å². The van der Waals surface area contributed by atoms with Crippen LogP contribution < -0.4 is 5.32 Å². The van der Waals surface area contributed by atoms with Gasteiger partial charge in [-0.15, -0.1) is 11.8 Å². The van der Waals surface area contributed by atoms with E-state index in [1.54, 1.807) is 16.7 Å². The van der Waals surface area contributed by atoms with Crippen molar-refractivity contribution in [2.24, 2.45) is 0 Å². The van der Waals surface area contributed by atoms with Gasteiger partial charge < -0.3 is 15.1 Å². The molecule has 26 heavy (non-hydrogen) atoms. The first-order valence-corrected chi connectivity index (χ1v) is 10.7. The molecule has 2 atom stereocenters. The van der Waals surface area contributed by atoms with E-state index in [2.05, 4.69) is 17.1 Å². The summed E-state index contributed by atoms with van der Waals surface area (Å²) in [6.07, 6.45) is 3.36. The van der Waals surface area contributed by atoms with Gasteiger partial charge in [0, 0.05) is 24.4 Å². The average Bonchev–Trinajstić information content (AvgIpc) is 3.30. The number of carbonyl (C=O) groups excluding carboxylic acids is 2. The van der Waals surface area contributed by atoms with E-state index in [4.69, 9.17) is 0 Å². The second-order valence-corrected chi connectivity index (χ2v) is 8.34. The van der Waals surface area contributed by atoms with Gasteiger partial charge in [-0.3, -0.25) is 9.59 Å². The highest BCUT2D eigenvalue weighted by atomic mass is 32.2. The summed E-state index contributed by atoms with van der Waals surface area (Å²) >= 11 is 1.71. The Morgan fingerprint density at radius 2 is 2.04 bits per heavy atom. The zero-order chi connectivity index (χ0) is 18.5. The molecule has 2 amide bonds. The number of hydrogen-bond acceptors (Lipinski definition) is 4. The summed E-state index contributed by atoms with van der Waals surface area (Å²) in [5.74, 6) is 0.616. The molecule has 1 aromatic rings. The van der Waals surface area contributed by atoms with Crippen LogP contribution in [-0.2, 0) is 4.79 Å². The summed E-state index contributed by atoms with van der Waals surface area (Å²) in [6.45, 7) is 7.87. The predicted octanol–water partition coefficient (Wildman–Crippen LogP) is 2.50. The molecule has 5 nitrogen and oxygen atoms in total. The Kier molecular flexibility index (Phi) is 6.59. The number of rotatable bonds is 6. The molecule has 6 heteroatoms. The summed E-state index contributed by atoms with van der Waals surface area (Å²) in [6, 6.07) is 7.25. The summed E-state index contributed by atoms with van der Waals surface area (Å²) in [5.41, 5.74) is 1.73. The van der Waals surface area contributed by atoms with Gasteiger partial charge in [0.15, 0.2) is 0 Å². The fraction of sp³-hybridized carbons (Fsp3) is 0.600. The van der Waals surface area contributed by atoms with E-state index >= 15 is 0 Å². The van der Waals surface area contributed by atoms with Gasteiger partial charge in [-0.05, 0) is 51.4 Å². The standard InChI is InChI=1S/C20H29N3O2S/c1-3-18-23(20(25)16-8-6-7-15(2)13-16)17(14-26-18)19(24)21-9-12-22-10-4-5-11-22/h6-8,13,17-18H,3-5,9-12,14H2,1-2H3,(H,21,24). The molecule has 2 unspecified atom stereocenters. The molecule has 142 valence electrons. The minimum Gasteiger partial charge on any atom is -0.353 e. The van der Waals surface area contributed by atoms with Crippen LogP contribution in [0.15, 0.2) is 24.3 Å². The van der Waals surface area contributed by atoms with Gasteiger partial charge in [0.1, 0.15) is 6.04 Å². The Morgan fingerprint density at radius 3 is 2.73 bits per heavy atom. The van der Waals surface area contributed by atoms with Crippen molar-refractivity contribution in [2.45, 2.75) is 44.5 Å². The van der Waals surface area contributed by atoms with Gasteiger partial charge in [0.05, 0.1) is 5.37 Å². The highest BCUT2D eigenvalue weighted by Crippen LogP contribution is 2.32. The Bertz CT molecular complexity index is 646. The monoisotopic (exact) mass is 375 g/mol. The van der Waals surface area contributed by atoms with E-state index < -0.39 is 0 Å². The SMILES string of the molecule is CCC1SCC(C(=O)NCCN2CCCC2)N1C(=O)c1cccc(C)c1. The van der Waals surface area contributed by atoms with Crippen molar-refractivity contribution in [3.05, 3.63) is 35.4 Å². The number of carbonyl (C=O) groups is 2. The van der Waals surface area contributed by atoms with Crippen LogP contribution in [0.5, 0.6) is 0 Å². The lowest BCUT2D eigenvalue weighted by molar-refractivity contribution is -0.124. The van der Waals surface area contributed by atoms with Gasteiger partial charge in [-0.1, -0.05) is 24.6 Å². The van der Waals surface area contributed by atoms with E-state index in [-0.39, 0.29) is 23.2 Å². The van der Waals surface area contributed by atoms with Crippen molar-refractivity contribution in [3.8, 4) is 0 Å². The lowest BCUT2D eigenvalue weighted by Gasteiger charge is -2.28. The fourth-order valence-corrected chi connectivity index (χ4v) is 5.10. The second kappa shape index (κ2) is 8.91. The van der Waals surface area contributed by atoms with Crippen molar-refractivity contribution < 1.29 is 9.59 Å². The topological polar surface area (TPSA) is 52.7 Å². The molecule has 1 N–H and O–H groups in total. The van der Waals surface area contributed by atoms with Gasteiger partial charge in [0.25, 0.3) is 5.91 Å². The maximum Gasteiger partial charge on any atom is 0.255 e. The maximum atomic E-state index is 13.1. The lowest BCUT2D eigenvalue weighted by atomic mass is 10.1. The molecule has 0 radical (unpaired) electrons. The van der Waals surface area contributed by atoms with Crippen molar-refractivity contribution in [2.75, 3.05) is 31.9 Å². The Morgan fingerprint density at radius 1 is 1.27 bits per heavy atom. The normalized spacial score (nSPS) is 23.4. The largest absolute Gasteiger partial charge is 0.353 e. The number of thioether (sulfide) groups is 1. The molecule has 0 aliphatic carbocycles. The number of hydrogen-bond donors (Lipinski definition) is 1. The highest BCUT2D eigenvalue weighted by molar-refractivity contribution is 8.00. The quantitative estimate of drug-likeness (QED) is 0.830. The summed E-state index contributed by atoms with van der Waals surface area (Å²) in [5, 5.41) is 3.12.